The van der Waals surface area contributed by atoms with E-state index in [2.05, 4.69) is 15.1 Å². The molecule has 0 unspecified atom stereocenters. The first kappa shape index (κ1) is 19.8. The maximum absolute atomic E-state index is 12.3. The molecule has 1 amide bonds. The van der Waals surface area contributed by atoms with E-state index in [-0.39, 0.29) is 17.3 Å². The Balaban J connectivity index is 1.57. The number of amides is 1. The maximum atomic E-state index is 12.3. The summed E-state index contributed by atoms with van der Waals surface area (Å²) in [6.45, 7) is 2.44. The second-order valence-corrected chi connectivity index (χ2v) is 7.92. The monoisotopic (exact) mass is 398 g/mol. The van der Waals surface area contributed by atoms with E-state index in [0.717, 1.165) is 11.3 Å². The van der Waals surface area contributed by atoms with Crippen molar-refractivity contribution in [3.8, 4) is 5.69 Å². The van der Waals surface area contributed by atoms with Crippen molar-refractivity contribution in [2.75, 3.05) is 13.1 Å². The number of benzene rings is 2. The summed E-state index contributed by atoms with van der Waals surface area (Å²) in [6, 6.07) is 15.8. The van der Waals surface area contributed by atoms with Crippen LogP contribution in [0.25, 0.3) is 5.69 Å². The molecular weight excluding hydrogens is 376 g/mol. The van der Waals surface area contributed by atoms with Crippen LogP contribution in [0.15, 0.2) is 71.9 Å². The van der Waals surface area contributed by atoms with Crippen LogP contribution < -0.4 is 10.0 Å². The van der Waals surface area contributed by atoms with Gasteiger partial charge in [0.1, 0.15) is 0 Å². The van der Waals surface area contributed by atoms with E-state index in [4.69, 9.17) is 0 Å². The van der Waals surface area contributed by atoms with Crippen molar-refractivity contribution >= 4 is 15.9 Å². The Morgan fingerprint density at radius 3 is 2.57 bits per heavy atom. The van der Waals surface area contributed by atoms with Gasteiger partial charge in [-0.3, -0.25) is 4.79 Å². The van der Waals surface area contributed by atoms with Crippen LogP contribution in [0, 0.1) is 0 Å². The number of hydrogen-bond acceptors (Lipinski definition) is 4. The Morgan fingerprint density at radius 1 is 1.11 bits per heavy atom. The Labute approximate surface area is 164 Å². The van der Waals surface area contributed by atoms with Crippen LogP contribution in [-0.2, 0) is 16.4 Å². The number of nitrogens with zero attached hydrogens (tertiary/aromatic N) is 2. The summed E-state index contributed by atoms with van der Waals surface area (Å²) >= 11 is 0. The number of carbonyl (C=O) groups excluding carboxylic acids is 1. The number of sulfonamides is 1. The molecule has 0 aliphatic carbocycles. The van der Waals surface area contributed by atoms with Crippen molar-refractivity contribution in [1.82, 2.24) is 19.8 Å². The lowest BCUT2D eigenvalue weighted by Crippen LogP contribution is -2.27. The van der Waals surface area contributed by atoms with Crippen molar-refractivity contribution in [2.45, 2.75) is 18.2 Å². The minimum absolute atomic E-state index is 0.0798. The van der Waals surface area contributed by atoms with Gasteiger partial charge in [-0.05, 0) is 48.4 Å². The molecule has 3 aromatic rings. The van der Waals surface area contributed by atoms with Gasteiger partial charge < -0.3 is 5.32 Å². The SMILES string of the molecule is CCNS(=O)(=O)c1cccc(C(=O)NCCc2ccc(-n3cccn3)cc2)c1. The van der Waals surface area contributed by atoms with Gasteiger partial charge in [-0.1, -0.05) is 25.1 Å². The van der Waals surface area contributed by atoms with Gasteiger partial charge in [0.05, 0.1) is 10.6 Å². The van der Waals surface area contributed by atoms with Crippen LogP contribution in [0.1, 0.15) is 22.8 Å². The number of carbonyl (C=O) groups is 1. The highest BCUT2D eigenvalue weighted by Gasteiger charge is 2.15. The van der Waals surface area contributed by atoms with Crippen molar-refractivity contribution in [2.24, 2.45) is 0 Å². The van der Waals surface area contributed by atoms with Gasteiger partial charge in [-0.15, -0.1) is 0 Å². The molecule has 8 heteroatoms. The third-order valence-electron chi connectivity index (χ3n) is 4.15. The third-order valence-corrected chi connectivity index (χ3v) is 5.69. The zero-order valence-electron chi connectivity index (χ0n) is 15.5. The highest BCUT2D eigenvalue weighted by Crippen LogP contribution is 2.12. The molecule has 1 aromatic heterocycles. The van der Waals surface area contributed by atoms with Gasteiger partial charge in [0.2, 0.25) is 10.0 Å². The first-order valence-electron chi connectivity index (χ1n) is 8.96. The lowest BCUT2D eigenvalue weighted by molar-refractivity contribution is 0.0954. The molecule has 2 N–H and O–H groups in total. The minimum atomic E-state index is -3.59. The summed E-state index contributed by atoms with van der Waals surface area (Å²) < 4.78 is 28.3. The molecule has 0 bridgehead atoms. The van der Waals surface area contributed by atoms with Crippen LogP contribution in [0.4, 0.5) is 0 Å². The van der Waals surface area contributed by atoms with Gasteiger partial charge in [-0.25, -0.2) is 17.8 Å². The molecule has 0 aliphatic heterocycles. The van der Waals surface area contributed by atoms with Gasteiger partial charge >= 0.3 is 0 Å². The van der Waals surface area contributed by atoms with Crippen molar-refractivity contribution in [3.05, 3.63) is 78.1 Å². The Bertz CT molecular complexity index is 1030. The standard InChI is InChI=1S/C20H22N4O3S/c1-2-23-28(26,27)19-6-3-5-17(15-19)20(25)21-13-11-16-7-9-18(10-8-16)24-14-4-12-22-24/h3-10,12,14-15,23H,2,11,13H2,1H3,(H,21,25). The van der Waals surface area contributed by atoms with Crippen LogP contribution in [0.3, 0.4) is 0 Å². The van der Waals surface area contributed by atoms with E-state index in [9.17, 15) is 13.2 Å². The summed E-state index contributed by atoms with van der Waals surface area (Å²) in [6.07, 6.45) is 4.27. The summed E-state index contributed by atoms with van der Waals surface area (Å²) in [5.41, 5.74) is 2.36. The summed E-state index contributed by atoms with van der Waals surface area (Å²) in [5, 5.41) is 7.01. The molecule has 0 radical (unpaired) electrons. The second-order valence-electron chi connectivity index (χ2n) is 6.15. The largest absolute Gasteiger partial charge is 0.352 e. The van der Waals surface area contributed by atoms with Gasteiger partial charge in [0.15, 0.2) is 0 Å². The third kappa shape index (κ3) is 4.85. The molecule has 3 rings (SSSR count). The average Bonchev–Trinajstić information content (AvgIpc) is 3.23. The van der Waals surface area contributed by atoms with E-state index in [1.54, 1.807) is 29.9 Å². The molecule has 0 spiro atoms. The molecule has 0 aliphatic rings. The molecule has 0 saturated carbocycles. The maximum Gasteiger partial charge on any atom is 0.251 e. The smallest absolute Gasteiger partial charge is 0.251 e. The van der Waals surface area contributed by atoms with E-state index < -0.39 is 10.0 Å². The predicted molar refractivity (Wildman–Crippen MR) is 107 cm³/mol. The van der Waals surface area contributed by atoms with Crippen LogP contribution >= 0.6 is 0 Å². The van der Waals surface area contributed by atoms with E-state index in [1.807, 2.05) is 36.5 Å². The van der Waals surface area contributed by atoms with Crippen LogP contribution in [0.2, 0.25) is 0 Å². The lowest BCUT2D eigenvalue weighted by Gasteiger charge is -2.09. The number of rotatable bonds is 8. The second kappa shape index (κ2) is 8.81. The van der Waals surface area contributed by atoms with Crippen molar-refractivity contribution in [3.63, 3.8) is 0 Å². The number of nitrogens with one attached hydrogen (secondary N) is 2. The highest BCUT2D eigenvalue weighted by atomic mass is 32.2. The molecule has 2 aromatic carbocycles. The molecule has 0 saturated heterocycles. The molecule has 146 valence electrons. The normalized spacial score (nSPS) is 11.3. The van der Waals surface area contributed by atoms with E-state index >= 15 is 0 Å². The summed E-state index contributed by atoms with van der Waals surface area (Å²) in [7, 11) is -3.59. The van der Waals surface area contributed by atoms with E-state index in [1.165, 1.54) is 12.1 Å². The van der Waals surface area contributed by atoms with Gasteiger partial charge in [0, 0.05) is 31.0 Å². The van der Waals surface area contributed by atoms with Gasteiger partial charge in [0.25, 0.3) is 5.91 Å². The molecule has 0 fully saturated rings. The van der Waals surface area contributed by atoms with Crippen LogP contribution in [0.5, 0.6) is 0 Å². The topological polar surface area (TPSA) is 93.1 Å². The Kier molecular flexibility index (Phi) is 6.23. The fraction of sp³-hybridized carbons (Fsp3) is 0.200. The minimum Gasteiger partial charge on any atom is -0.352 e. The average molecular weight is 398 g/mol. The summed E-state index contributed by atoms with van der Waals surface area (Å²) in [4.78, 5) is 12.4. The quantitative estimate of drug-likeness (QED) is 0.608. The lowest BCUT2D eigenvalue weighted by atomic mass is 10.1. The Hall–Kier alpha value is -2.97. The van der Waals surface area contributed by atoms with Gasteiger partial charge in [-0.2, -0.15) is 5.10 Å². The first-order valence-corrected chi connectivity index (χ1v) is 10.4. The fourth-order valence-corrected chi connectivity index (χ4v) is 3.82. The van der Waals surface area contributed by atoms with Crippen molar-refractivity contribution in [1.29, 1.82) is 0 Å². The molecule has 1 heterocycles. The first-order chi connectivity index (χ1) is 13.5. The van der Waals surface area contributed by atoms with Crippen LogP contribution in [-0.4, -0.2) is 37.2 Å². The number of hydrogen-bond donors (Lipinski definition) is 2. The number of aromatic nitrogens is 2. The zero-order valence-corrected chi connectivity index (χ0v) is 16.3. The molecule has 7 nitrogen and oxygen atoms in total. The summed E-state index contributed by atoms with van der Waals surface area (Å²) in [5.74, 6) is -0.304. The zero-order chi connectivity index (χ0) is 20.0. The fourth-order valence-electron chi connectivity index (χ4n) is 2.74. The molecular formula is C20H22N4O3S. The highest BCUT2D eigenvalue weighted by molar-refractivity contribution is 7.89. The molecule has 28 heavy (non-hydrogen) atoms. The van der Waals surface area contributed by atoms with E-state index in [0.29, 0.717) is 18.5 Å². The van der Waals surface area contributed by atoms with Crippen molar-refractivity contribution < 1.29 is 13.2 Å². The molecule has 0 atom stereocenters. The predicted octanol–water partition coefficient (Wildman–Crippen LogP) is 2.14. The Morgan fingerprint density at radius 2 is 1.89 bits per heavy atom.